The van der Waals surface area contributed by atoms with Crippen LogP contribution in [-0.4, -0.2) is 44.3 Å². The fraction of sp³-hybridized carbons (Fsp3) is 0.257. The lowest BCUT2D eigenvalue weighted by Crippen LogP contribution is -2.53. The minimum atomic E-state index is -4.25. The van der Waals surface area contributed by atoms with Crippen LogP contribution in [0.2, 0.25) is 15.1 Å². The Kier molecular flexibility index (Phi) is 12.1. The lowest BCUT2D eigenvalue weighted by Gasteiger charge is -2.34. The molecule has 1 unspecified atom stereocenters. The van der Waals surface area contributed by atoms with Gasteiger partial charge < -0.3 is 10.2 Å². The Morgan fingerprint density at radius 1 is 0.804 bits per heavy atom. The van der Waals surface area contributed by atoms with Gasteiger partial charge in [-0.2, -0.15) is 0 Å². The number of aryl methyl sites for hydroxylation is 1. The summed E-state index contributed by atoms with van der Waals surface area (Å²) in [6.07, 6.45) is 0.174. The molecular formula is C35H36Cl3N3O4S. The van der Waals surface area contributed by atoms with Gasteiger partial charge in [0.1, 0.15) is 12.6 Å². The number of amides is 2. The summed E-state index contributed by atoms with van der Waals surface area (Å²) in [6.45, 7) is 5.48. The highest BCUT2D eigenvalue weighted by Gasteiger charge is 2.35. The highest BCUT2D eigenvalue weighted by molar-refractivity contribution is 7.92. The number of hydrogen-bond donors (Lipinski definition) is 1. The van der Waals surface area contributed by atoms with Gasteiger partial charge in [-0.25, -0.2) is 8.42 Å². The monoisotopic (exact) mass is 699 g/mol. The molecule has 0 aromatic heterocycles. The number of sulfonamides is 1. The van der Waals surface area contributed by atoms with Crippen LogP contribution >= 0.6 is 34.8 Å². The molecule has 2 amide bonds. The Labute approximate surface area is 286 Å². The normalized spacial score (nSPS) is 12.1. The van der Waals surface area contributed by atoms with Crippen molar-refractivity contribution in [2.24, 2.45) is 5.92 Å². The molecule has 4 aromatic carbocycles. The predicted molar refractivity (Wildman–Crippen MR) is 186 cm³/mol. The van der Waals surface area contributed by atoms with Gasteiger partial charge >= 0.3 is 0 Å². The number of rotatable bonds is 13. The fourth-order valence-corrected chi connectivity index (χ4v) is 6.86. The molecule has 1 N–H and O–H groups in total. The first-order chi connectivity index (χ1) is 21.9. The second-order valence-corrected chi connectivity index (χ2v) is 14.5. The average Bonchev–Trinajstić information content (AvgIpc) is 3.02. The molecule has 4 aromatic rings. The minimum absolute atomic E-state index is 0.0403. The quantitative estimate of drug-likeness (QED) is 0.156. The molecule has 4 rings (SSSR count). The van der Waals surface area contributed by atoms with Crippen LogP contribution < -0.4 is 9.62 Å². The van der Waals surface area contributed by atoms with Gasteiger partial charge in [0.2, 0.25) is 11.8 Å². The Balaban J connectivity index is 1.83. The van der Waals surface area contributed by atoms with Crippen LogP contribution in [0.1, 0.15) is 30.5 Å². The van der Waals surface area contributed by atoms with E-state index in [0.29, 0.717) is 27.2 Å². The maximum Gasteiger partial charge on any atom is 0.264 e. The number of carbonyl (C=O) groups is 2. The van der Waals surface area contributed by atoms with Gasteiger partial charge in [-0.3, -0.25) is 13.9 Å². The van der Waals surface area contributed by atoms with Crippen LogP contribution in [0.15, 0.2) is 102 Å². The maximum atomic E-state index is 14.6. The van der Waals surface area contributed by atoms with Crippen LogP contribution in [0.25, 0.3) is 0 Å². The van der Waals surface area contributed by atoms with Gasteiger partial charge in [0.15, 0.2) is 0 Å². The maximum absolute atomic E-state index is 14.6. The number of carbonyl (C=O) groups excluding carboxylic acids is 2. The average molecular weight is 701 g/mol. The number of benzene rings is 4. The summed E-state index contributed by atoms with van der Waals surface area (Å²) < 4.78 is 29.3. The molecule has 0 spiro atoms. The summed E-state index contributed by atoms with van der Waals surface area (Å²) in [5.74, 6) is -0.837. The van der Waals surface area contributed by atoms with Gasteiger partial charge in [0, 0.05) is 40.1 Å². The molecule has 46 heavy (non-hydrogen) atoms. The second-order valence-electron chi connectivity index (χ2n) is 11.4. The number of anilines is 1. The molecule has 0 saturated carbocycles. The number of nitrogens with one attached hydrogen (secondary N) is 1. The number of hydrogen-bond acceptors (Lipinski definition) is 4. The smallest absolute Gasteiger partial charge is 0.264 e. The fourth-order valence-electron chi connectivity index (χ4n) is 4.80. The first kappa shape index (κ1) is 35.3. The molecule has 0 aliphatic heterocycles. The van der Waals surface area contributed by atoms with Crippen molar-refractivity contribution in [1.82, 2.24) is 10.2 Å². The van der Waals surface area contributed by atoms with Gasteiger partial charge in [-0.1, -0.05) is 103 Å². The van der Waals surface area contributed by atoms with Crippen molar-refractivity contribution in [3.8, 4) is 0 Å². The number of halogens is 3. The number of nitrogens with zero attached hydrogens (tertiary/aromatic N) is 2. The molecule has 1 atom stereocenters. The predicted octanol–water partition coefficient (Wildman–Crippen LogP) is 7.56. The molecule has 0 aliphatic carbocycles. The van der Waals surface area contributed by atoms with E-state index in [1.54, 1.807) is 42.5 Å². The van der Waals surface area contributed by atoms with Crippen molar-refractivity contribution in [2.45, 2.75) is 44.7 Å². The molecular weight excluding hydrogens is 665 g/mol. The zero-order valence-corrected chi connectivity index (χ0v) is 28.9. The molecule has 0 saturated heterocycles. The Bertz CT molecular complexity index is 1730. The van der Waals surface area contributed by atoms with E-state index in [9.17, 15) is 18.0 Å². The SMILES string of the molecule is Cc1ccc(N(CC(=O)N(Cc2c(Cl)cccc2Cl)C(Cc2ccccc2)C(=O)NCC(C)C)S(=O)(=O)c2ccc(Cl)cc2)cc1. The molecule has 0 heterocycles. The first-order valence-corrected chi connectivity index (χ1v) is 17.3. The molecule has 7 nitrogen and oxygen atoms in total. The lowest BCUT2D eigenvalue weighted by molar-refractivity contribution is -0.140. The summed E-state index contributed by atoms with van der Waals surface area (Å²) >= 11 is 19.2. The van der Waals surface area contributed by atoms with Crippen molar-refractivity contribution in [2.75, 3.05) is 17.4 Å². The molecule has 11 heteroatoms. The highest BCUT2D eigenvalue weighted by atomic mass is 35.5. The lowest BCUT2D eigenvalue weighted by atomic mass is 10.0. The van der Waals surface area contributed by atoms with E-state index >= 15 is 0 Å². The Hall–Kier alpha value is -3.56. The van der Waals surface area contributed by atoms with Crippen molar-refractivity contribution >= 4 is 62.3 Å². The van der Waals surface area contributed by atoms with Crippen molar-refractivity contribution in [3.05, 3.63) is 129 Å². The van der Waals surface area contributed by atoms with Gasteiger partial charge in [-0.05, 0) is 66.9 Å². The third-order valence-corrected chi connectivity index (χ3v) is 10.1. The van der Waals surface area contributed by atoms with Crippen molar-refractivity contribution in [3.63, 3.8) is 0 Å². The third-order valence-electron chi connectivity index (χ3n) is 7.35. The summed E-state index contributed by atoms with van der Waals surface area (Å²) in [6, 6.07) is 25.9. The van der Waals surface area contributed by atoms with Crippen LogP contribution in [-0.2, 0) is 32.6 Å². The van der Waals surface area contributed by atoms with Crippen molar-refractivity contribution in [1.29, 1.82) is 0 Å². The van der Waals surface area contributed by atoms with E-state index in [4.69, 9.17) is 34.8 Å². The third kappa shape index (κ3) is 9.04. The first-order valence-electron chi connectivity index (χ1n) is 14.8. The molecule has 0 bridgehead atoms. The summed E-state index contributed by atoms with van der Waals surface area (Å²) in [7, 11) is -4.25. The zero-order chi connectivity index (χ0) is 33.4. The Morgan fingerprint density at radius 2 is 1.41 bits per heavy atom. The van der Waals surface area contributed by atoms with Crippen molar-refractivity contribution < 1.29 is 18.0 Å². The standard InChI is InChI=1S/C35H36Cl3N3O4S/c1-24(2)21-39-35(43)33(20-26-8-5-4-6-9-26)40(22-30-31(37)10-7-11-32(30)38)34(42)23-41(28-16-12-25(3)13-17-28)46(44,45)29-18-14-27(36)15-19-29/h4-19,24,33H,20-23H2,1-3H3,(H,39,43). The largest absolute Gasteiger partial charge is 0.354 e. The summed E-state index contributed by atoms with van der Waals surface area (Å²) in [5, 5.41) is 3.96. The van der Waals surface area contributed by atoms with E-state index < -0.39 is 28.5 Å². The highest BCUT2D eigenvalue weighted by Crippen LogP contribution is 2.29. The van der Waals surface area contributed by atoms with Gasteiger partial charge in [0.25, 0.3) is 10.0 Å². The van der Waals surface area contributed by atoms with E-state index in [2.05, 4.69) is 5.32 Å². The zero-order valence-electron chi connectivity index (χ0n) is 25.8. The summed E-state index contributed by atoms with van der Waals surface area (Å²) in [4.78, 5) is 29.8. The molecule has 0 radical (unpaired) electrons. The summed E-state index contributed by atoms with van der Waals surface area (Å²) in [5.41, 5.74) is 2.46. The van der Waals surface area contributed by atoms with E-state index in [-0.39, 0.29) is 35.4 Å². The molecule has 0 fully saturated rings. The van der Waals surface area contributed by atoms with Crippen LogP contribution in [0, 0.1) is 12.8 Å². The molecule has 0 aliphatic rings. The second kappa shape index (κ2) is 15.8. The van der Waals surface area contributed by atoms with Crippen LogP contribution in [0.5, 0.6) is 0 Å². The van der Waals surface area contributed by atoms with E-state index in [1.807, 2.05) is 51.1 Å². The van der Waals surface area contributed by atoms with E-state index in [1.165, 1.54) is 29.2 Å². The minimum Gasteiger partial charge on any atom is -0.354 e. The van der Waals surface area contributed by atoms with Gasteiger partial charge in [0.05, 0.1) is 10.6 Å². The molecule has 242 valence electrons. The van der Waals surface area contributed by atoms with E-state index in [0.717, 1.165) is 15.4 Å². The van der Waals surface area contributed by atoms with Crippen LogP contribution in [0.3, 0.4) is 0 Å². The van der Waals surface area contributed by atoms with Gasteiger partial charge in [-0.15, -0.1) is 0 Å². The topological polar surface area (TPSA) is 86.8 Å². The van der Waals surface area contributed by atoms with Crippen LogP contribution in [0.4, 0.5) is 5.69 Å². The Morgan fingerprint density at radius 3 is 2.00 bits per heavy atom.